The zero-order chi connectivity index (χ0) is 14.7. The summed E-state index contributed by atoms with van der Waals surface area (Å²) in [5, 5.41) is 2.64. The predicted molar refractivity (Wildman–Crippen MR) is 73.1 cm³/mol. The molecule has 0 aliphatic carbocycles. The topological polar surface area (TPSA) is 55.1 Å². The van der Waals surface area contributed by atoms with Gasteiger partial charge >= 0.3 is 0 Å². The quantitative estimate of drug-likeness (QED) is 0.847. The second kappa shape index (κ2) is 5.69. The molecule has 20 heavy (non-hydrogen) atoms. The first kappa shape index (κ1) is 14.0. The van der Waals surface area contributed by atoms with Gasteiger partial charge in [0.25, 0.3) is 5.91 Å². The number of nitrogens with two attached hydrogens (primary N) is 1. The molecule has 0 saturated carbocycles. The maximum Gasteiger partial charge on any atom is 0.254 e. The Balaban J connectivity index is 2.19. The van der Waals surface area contributed by atoms with E-state index in [1.807, 2.05) is 30.3 Å². The van der Waals surface area contributed by atoms with E-state index in [-0.39, 0.29) is 17.3 Å². The molecule has 0 saturated heterocycles. The first-order chi connectivity index (χ1) is 9.49. The van der Waals surface area contributed by atoms with Crippen LogP contribution in [0.1, 0.15) is 28.9 Å². The molecule has 2 aromatic carbocycles. The van der Waals surface area contributed by atoms with Crippen molar-refractivity contribution in [2.24, 2.45) is 0 Å². The molecule has 1 amide bonds. The van der Waals surface area contributed by atoms with Gasteiger partial charge in [0, 0.05) is 6.07 Å². The van der Waals surface area contributed by atoms with Crippen LogP contribution >= 0.6 is 0 Å². The van der Waals surface area contributed by atoms with Crippen molar-refractivity contribution in [3.05, 3.63) is 65.2 Å². The smallest absolute Gasteiger partial charge is 0.254 e. The molecular weight excluding hydrogens is 262 g/mol. The molecule has 1 unspecified atom stereocenters. The van der Waals surface area contributed by atoms with Gasteiger partial charge in [-0.3, -0.25) is 4.79 Å². The van der Waals surface area contributed by atoms with Crippen LogP contribution in [0, 0.1) is 11.6 Å². The fourth-order valence-electron chi connectivity index (χ4n) is 1.84. The van der Waals surface area contributed by atoms with E-state index in [0.29, 0.717) is 6.07 Å². The summed E-state index contributed by atoms with van der Waals surface area (Å²) in [6, 6.07) is 10.5. The minimum atomic E-state index is -0.936. The number of anilines is 1. The van der Waals surface area contributed by atoms with E-state index >= 15 is 0 Å². The lowest BCUT2D eigenvalue weighted by molar-refractivity contribution is 0.0936. The standard InChI is InChI=1S/C15H14F2N2O/c1-9(10-5-3-2-4-6-10)19-15(20)11-7-14(18)13(17)8-12(11)16/h2-9H,18H2,1H3,(H,19,20). The number of nitrogen functional groups attached to an aromatic ring is 1. The molecular formula is C15H14F2N2O. The number of hydrogen-bond donors (Lipinski definition) is 2. The fourth-order valence-corrected chi connectivity index (χ4v) is 1.84. The van der Waals surface area contributed by atoms with Crippen molar-refractivity contribution in [1.29, 1.82) is 0 Å². The highest BCUT2D eigenvalue weighted by Gasteiger charge is 2.17. The summed E-state index contributed by atoms with van der Waals surface area (Å²) < 4.78 is 26.6. The van der Waals surface area contributed by atoms with Crippen molar-refractivity contribution in [2.75, 3.05) is 5.73 Å². The van der Waals surface area contributed by atoms with Crippen LogP contribution in [-0.4, -0.2) is 5.91 Å². The van der Waals surface area contributed by atoms with Gasteiger partial charge < -0.3 is 11.1 Å². The summed E-state index contributed by atoms with van der Waals surface area (Å²) in [5.41, 5.74) is 5.70. The summed E-state index contributed by atoms with van der Waals surface area (Å²) in [5.74, 6) is -2.45. The molecule has 1 atom stereocenters. The summed E-state index contributed by atoms with van der Waals surface area (Å²) in [6.07, 6.45) is 0. The van der Waals surface area contributed by atoms with E-state index < -0.39 is 17.5 Å². The van der Waals surface area contributed by atoms with Crippen molar-refractivity contribution < 1.29 is 13.6 Å². The van der Waals surface area contributed by atoms with Gasteiger partial charge in [0.1, 0.15) is 11.6 Å². The number of hydrogen-bond acceptors (Lipinski definition) is 2. The molecule has 0 radical (unpaired) electrons. The van der Waals surface area contributed by atoms with Gasteiger partial charge in [0.05, 0.1) is 17.3 Å². The van der Waals surface area contributed by atoms with Crippen molar-refractivity contribution in [3.63, 3.8) is 0 Å². The first-order valence-corrected chi connectivity index (χ1v) is 6.09. The van der Waals surface area contributed by atoms with Crippen molar-refractivity contribution in [2.45, 2.75) is 13.0 Å². The Hall–Kier alpha value is -2.43. The monoisotopic (exact) mass is 276 g/mol. The van der Waals surface area contributed by atoms with E-state index in [2.05, 4.69) is 5.32 Å². The summed E-state index contributed by atoms with van der Waals surface area (Å²) in [7, 11) is 0. The average Bonchev–Trinajstić information content (AvgIpc) is 2.43. The van der Waals surface area contributed by atoms with Crippen molar-refractivity contribution in [3.8, 4) is 0 Å². The average molecular weight is 276 g/mol. The van der Waals surface area contributed by atoms with E-state index in [1.165, 1.54) is 0 Å². The second-order valence-corrected chi connectivity index (χ2v) is 4.46. The van der Waals surface area contributed by atoms with Crippen LogP contribution in [0.4, 0.5) is 14.5 Å². The number of halogens is 2. The predicted octanol–water partition coefficient (Wildman–Crippen LogP) is 3.04. The lowest BCUT2D eigenvalue weighted by Crippen LogP contribution is -2.27. The lowest BCUT2D eigenvalue weighted by atomic mass is 10.1. The number of carbonyl (C=O) groups is 1. The van der Waals surface area contributed by atoms with Crippen LogP contribution in [0.2, 0.25) is 0 Å². The van der Waals surface area contributed by atoms with Gasteiger partial charge in [-0.2, -0.15) is 0 Å². The minimum absolute atomic E-state index is 0.260. The number of amides is 1. The summed E-state index contributed by atoms with van der Waals surface area (Å²) in [6.45, 7) is 1.78. The SMILES string of the molecule is CC(NC(=O)c1cc(N)c(F)cc1F)c1ccccc1. The maximum atomic E-state index is 13.6. The normalized spacial score (nSPS) is 11.9. The van der Waals surface area contributed by atoms with Gasteiger partial charge in [-0.25, -0.2) is 8.78 Å². The Kier molecular flexibility index (Phi) is 3.98. The second-order valence-electron chi connectivity index (χ2n) is 4.46. The highest BCUT2D eigenvalue weighted by Crippen LogP contribution is 2.18. The van der Waals surface area contributed by atoms with E-state index in [1.54, 1.807) is 6.92 Å². The highest BCUT2D eigenvalue weighted by atomic mass is 19.1. The molecule has 0 aliphatic heterocycles. The summed E-state index contributed by atoms with van der Waals surface area (Å²) in [4.78, 5) is 12.0. The van der Waals surface area contributed by atoms with Gasteiger partial charge in [-0.1, -0.05) is 30.3 Å². The maximum absolute atomic E-state index is 13.6. The van der Waals surface area contributed by atoms with Gasteiger partial charge in [-0.15, -0.1) is 0 Å². The van der Waals surface area contributed by atoms with Crippen LogP contribution in [0.25, 0.3) is 0 Å². The van der Waals surface area contributed by atoms with Crippen LogP contribution in [-0.2, 0) is 0 Å². The summed E-state index contributed by atoms with van der Waals surface area (Å²) >= 11 is 0. The molecule has 104 valence electrons. The van der Waals surface area contributed by atoms with Gasteiger partial charge in [0.2, 0.25) is 0 Å². The minimum Gasteiger partial charge on any atom is -0.396 e. The number of benzene rings is 2. The number of rotatable bonds is 3. The third-order valence-corrected chi connectivity index (χ3v) is 2.98. The number of carbonyl (C=O) groups excluding carboxylic acids is 1. The molecule has 0 heterocycles. The van der Waals surface area contributed by atoms with Crippen LogP contribution in [0.3, 0.4) is 0 Å². The Labute approximate surface area is 115 Å². The first-order valence-electron chi connectivity index (χ1n) is 6.09. The van der Waals surface area contributed by atoms with Crippen molar-refractivity contribution >= 4 is 11.6 Å². The molecule has 3 nitrogen and oxygen atoms in total. The van der Waals surface area contributed by atoms with Gasteiger partial charge in [-0.05, 0) is 18.6 Å². The van der Waals surface area contributed by atoms with E-state index in [9.17, 15) is 13.6 Å². The molecule has 0 aliphatic rings. The molecule has 5 heteroatoms. The van der Waals surface area contributed by atoms with Crippen LogP contribution in [0.5, 0.6) is 0 Å². The third-order valence-electron chi connectivity index (χ3n) is 2.98. The molecule has 2 rings (SSSR count). The molecule has 0 aromatic heterocycles. The molecule has 0 spiro atoms. The zero-order valence-corrected chi connectivity index (χ0v) is 10.9. The lowest BCUT2D eigenvalue weighted by Gasteiger charge is -2.15. The Morgan fingerprint density at radius 3 is 2.45 bits per heavy atom. The third kappa shape index (κ3) is 2.93. The molecule has 0 fully saturated rings. The van der Waals surface area contributed by atoms with E-state index in [4.69, 9.17) is 5.73 Å². The van der Waals surface area contributed by atoms with Crippen LogP contribution < -0.4 is 11.1 Å². The largest absolute Gasteiger partial charge is 0.396 e. The molecule has 2 aromatic rings. The fraction of sp³-hybridized carbons (Fsp3) is 0.133. The molecule has 3 N–H and O–H groups in total. The van der Waals surface area contributed by atoms with E-state index in [0.717, 1.165) is 11.6 Å². The van der Waals surface area contributed by atoms with Gasteiger partial charge in [0.15, 0.2) is 0 Å². The zero-order valence-electron chi connectivity index (χ0n) is 10.9. The Bertz CT molecular complexity index is 629. The number of nitrogens with one attached hydrogen (secondary N) is 1. The Morgan fingerprint density at radius 2 is 1.80 bits per heavy atom. The Morgan fingerprint density at radius 1 is 1.15 bits per heavy atom. The van der Waals surface area contributed by atoms with Crippen molar-refractivity contribution in [1.82, 2.24) is 5.32 Å². The van der Waals surface area contributed by atoms with Crippen LogP contribution in [0.15, 0.2) is 42.5 Å². The molecule has 0 bridgehead atoms. The highest BCUT2D eigenvalue weighted by molar-refractivity contribution is 5.95.